The Morgan fingerprint density at radius 1 is 1.20 bits per heavy atom. The van der Waals surface area contributed by atoms with Crippen LogP contribution in [0.25, 0.3) is 0 Å². The lowest BCUT2D eigenvalue weighted by Crippen LogP contribution is -2.43. The monoisotopic (exact) mass is 413 g/mol. The molecule has 0 atom stereocenters. The zero-order valence-electron chi connectivity index (χ0n) is 17.9. The molecule has 2 aromatic rings. The molecule has 0 N–H and O–H groups in total. The van der Waals surface area contributed by atoms with Crippen LogP contribution in [0.2, 0.25) is 0 Å². The lowest BCUT2D eigenvalue weighted by Gasteiger charge is -2.32. The minimum atomic E-state index is -0.0603. The summed E-state index contributed by atoms with van der Waals surface area (Å²) < 4.78 is 8.39. The molecule has 4 rings (SSSR count). The van der Waals surface area contributed by atoms with Crippen molar-refractivity contribution in [3.05, 3.63) is 46.1 Å². The second-order valence-electron chi connectivity index (χ2n) is 8.08. The zero-order chi connectivity index (χ0) is 21.1. The maximum atomic E-state index is 12.9. The number of benzene rings is 1. The van der Waals surface area contributed by atoms with Gasteiger partial charge in [-0.2, -0.15) is 5.10 Å². The Bertz CT molecular complexity index is 942. The number of fused-ring (bicyclic) bond motifs is 1. The lowest BCUT2D eigenvalue weighted by atomic mass is 9.96. The summed E-state index contributed by atoms with van der Waals surface area (Å²) in [5, 5.41) is 4.61. The predicted molar refractivity (Wildman–Crippen MR) is 115 cm³/mol. The van der Waals surface area contributed by atoms with Gasteiger partial charge in [0.25, 0.3) is 0 Å². The quantitative estimate of drug-likeness (QED) is 0.688. The maximum absolute atomic E-state index is 12.9. The van der Waals surface area contributed by atoms with Crippen LogP contribution in [0, 0.1) is 0 Å². The number of carbonyl (C=O) groups excluding carboxylic acids is 1. The van der Waals surface area contributed by atoms with Crippen LogP contribution in [0.5, 0.6) is 0 Å². The van der Waals surface area contributed by atoms with E-state index in [1.165, 1.54) is 10.2 Å². The molecule has 0 aliphatic carbocycles. The Morgan fingerprint density at radius 3 is 2.70 bits per heavy atom. The highest BCUT2D eigenvalue weighted by Crippen LogP contribution is 2.29. The summed E-state index contributed by atoms with van der Waals surface area (Å²) in [6.07, 6.45) is 2.75. The fourth-order valence-electron chi connectivity index (χ4n) is 4.60. The molecule has 0 bridgehead atoms. The fraction of sp³-hybridized carbons (Fsp3) is 0.591. The molecule has 2 aliphatic heterocycles. The third-order valence-corrected chi connectivity index (χ3v) is 6.27. The van der Waals surface area contributed by atoms with Crippen molar-refractivity contribution in [2.75, 3.05) is 44.8 Å². The molecular weight excluding hydrogens is 382 g/mol. The van der Waals surface area contributed by atoms with E-state index in [9.17, 15) is 9.59 Å². The number of likely N-dealkylation sites (tertiary alicyclic amines) is 1. The Labute approximate surface area is 177 Å². The summed E-state index contributed by atoms with van der Waals surface area (Å²) in [5.41, 5.74) is 2.26. The molecule has 1 aromatic heterocycles. The molecule has 1 aromatic carbocycles. The smallest absolute Gasteiger partial charge is 0.345 e. The van der Waals surface area contributed by atoms with Gasteiger partial charge in [0.1, 0.15) is 5.82 Å². The molecule has 8 nitrogen and oxygen atoms in total. The second kappa shape index (κ2) is 9.14. The van der Waals surface area contributed by atoms with Crippen LogP contribution in [0.1, 0.15) is 37.1 Å². The summed E-state index contributed by atoms with van der Waals surface area (Å²) >= 11 is 0. The molecule has 8 heteroatoms. The molecule has 3 heterocycles. The van der Waals surface area contributed by atoms with Gasteiger partial charge in [0, 0.05) is 31.8 Å². The summed E-state index contributed by atoms with van der Waals surface area (Å²) in [6.45, 7) is 6.45. The van der Waals surface area contributed by atoms with Crippen LogP contribution in [0.15, 0.2) is 29.1 Å². The number of para-hydroxylation sites is 1. The van der Waals surface area contributed by atoms with Gasteiger partial charge in [-0.3, -0.25) is 14.3 Å². The Kier molecular flexibility index (Phi) is 6.34. The van der Waals surface area contributed by atoms with E-state index < -0.39 is 0 Å². The van der Waals surface area contributed by atoms with Gasteiger partial charge in [0.05, 0.1) is 19.7 Å². The van der Waals surface area contributed by atoms with Crippen molar-refractivity contribution < 1.29 is 9.53 Å². The molecule has 1 fully saturated rings. The predicted octanol–water partition coefficient (Wildman–Crippen LogP) is 1.48. The van der Waals surface area contributed by atoms with Gasteiger partial charge in [-0.1, -0.05) is 18.2 Å². The molecule has 0 radical (unpaired) electrons. The molecule has 0 saturated carbocycles. The first-order chi connectivity index (χ1) is 14.6. The van der Waals surface area contributed by atoms with E-state index in [4.69, 9.17) is 4.74 Å². The van der Waals surface area contributed by atoms with Gasteiger partial charge in [0.2, 0.25) is 5.91 Å². The summed E-state index contributed by atoms with van der Waals surface area (Å²) in [4.78, 5) is 29.6. The van der Waals surface area contributed by atoms with Crippen molar-refractivity contribution in [2.45, 2.75) is 45.2 Å². The van der Waals surface area contributed by atoms with Crippen molar-refractivity contribution in [2.24, 2.45) is 0 Å². The molecule has 1 saturated heterocycles. The standard InChI is InChI=1S/C22H31N5O3/c1-3-25-21(23-27(22(25)29)14-15-30-2)18-8-11-24(12-9-18)16-20(28)26-13-10-17-6-4-5-7-19(17)26/h4-7,18H,3,8-16H2,1-2H3. The average Bonchev–Trinajstić information content (AvgIpc) is 3.34. The van der Waals surface area contributed by atoms with Crippen molar-refractivity contribution in [1.82, 2.24) is 19.2 Å². The third-order valence-electron chi connectivity index (χ3n) is 6.27. The van der Waals surface area contributed by atoms with Crippen LogP contribution in [-0.4, -0.2) is 65.1 Å². The number of hydrogen-bond donors (Lipinski definition) is 0. The van der Waals surface area contributed by atoms with Crippen LogP contribution in [0.3, 0.4) is 0 Å². The average molecular weight is 414 g/mol. The van der Waals surface area contributed by atoms with Gasteiger partial charge < -0.3 is 9.64 Å². The Balaban J connectivity index is 1.37. The number of piperidine rings is 1. The van der Waals surface area contributed by atoms with E-state index in [0.29, 0.717) is 26.2 Å². The van der Waals surface area contributed by atoms with Gasteiger partial charge in [0.15, 0.2) is 0 Å². The number of anilines is 1. The number of ether oxygens (including phenoxy) is 1. The summed E-state index contributed by atoms with van der Waals surface area (Å²) in [7, 11) is 1.63. The van der Waals surface area contributed by atoms with Crippen LogP contribution in [-0.2, 0) is 29.0 Å². The molecule has 0 spiro atoms. The molecule has 162 valence electrons. The summed E-state index contributed by atoms with van der Waals surface area (Å²) in [6, 6.07) is 8.17. The van der Waals surface area contributed by atoms with Gasteiger partial charge >= 0.3 is 5.69 Å². The third kappa shape index (κ3) is 4.06. The SMILES string of the molecule is CCn1c(C2CCN(CC(=O)N3CCc4ccccc43)CC2)nn(CCOC)c1=O. The minimum absolute atomic E-state index is 0.0603. The Hall–Kier alpha value is -2.45. The van der Waals surface area contributed by atoms with E-state index in [1.54, 1.807) is 11.7 Å². The fourth-order valence-corrected chi connectivity index (χ4v) is 4.60. The highest BCUT2D eigenvalue weighted by Gasteiger charge is 2.30. The van der Waals surface area contributed by atoms with E-state index in [2.05, 4.69) is 16.1 Å². The lowest BCUT2D eigenvalue weighted by molar-refractivity contribution is -0.119. The largest absolute Gasteiger partial charge is 0.383 e. The number of amides is 1. The number of methoxy groups -OCH3 is 1. The number of rotatable bonds is 7. The molecular formula is C22H31N5O3. The van der Waals surface area contributed by atoms with Crippen molar-refractivity contribution >= 4 is 11.6 Å². The highest BCUT2D eigenvalue weighted by atomic mass is 16.5. The molecule has 1 amide bonds. The number of hydrogen-bond acceptors (Lipinski definition) is 5. The number of nitrogens with zero attached hydrogens (tertiary/aromatic N) is 5. The van der Waals surface area contributed by atoms with Crippen molar-refractivity contribution in [1.29, 1.82) is 0 Å². The normalized spacial score (nSPS) is 17.5. The molecule has 30 heavy (non-hydrogen) atoms. The summed E-state index contributed by atoms with van der Waals surface area (Å²) in [5.74, 6) is 1.30. The van der Waals surface area contributed by atoms with E-state index in [0.717, 1.165) is 50.4 Å². The van der Waals surface area contributed by atoms with Gasteiger partial charge in [-0.05, 0) is 50.9 Å². The topological polar surface area (TPSA) is 72.6 Å². The van der Waals surface area contributed by atoms with Gasteiger partial charge in [-0.25, -0.2) is 9.48 Å². The number of carbonyl (C=O) groups is 1. The maximum Gasteiger partial charge on any atom is 0.345 e. The zero-order valence-corrected chi connectivity index (χ0v) is 17.9. The van der Waals surface area contributed by atoms with Crippen molar-refractivity contribution in [3.63, 3.8) is 0 Å². The minimum Gasteiger partial charge on any atom is -0.383 e. The van der Waals surface area contributed by atoms with Crippen LogP contribution < -0.4 is 10.6 Å². The van der Waals surface area contributed by atoms with E-state index in [-0.39, 0.29) is 17.5 Å². The second-order valence-corrected chi connectivity index (χ2v) is 8.08. The molecule has 0 unspecified atom stereocenters. The first-order valence-electron chi connectivity index (χ1n) is 10.9. The van der Waals surface area contributed by atoms with E-state index in [1.807, 2.05) is 30.0 Å². The highest BCUT2D eigenvalue weighted by molar-refractivity contribution is 5.96. The molecule has 2 aliphatic rings. The van der Waals surface area contributed by atoms with Crippen LogP contribution in [0.4, 0.5) is 5.69 Å². The van der Waals surface area contributed by atoms with Gasteiger partial charge in [-0.15, -0.1) is 0 Å². The van der Waals surface area contributed by atoms with Crippen molar-refractivity contribution in [3.8, 4) is 0 Å². The Morgan fingerprint density at radius 2 is 1.97 bits per heavy atom. The van der Waals surface area contributed by atoms with Crippen LogP contribution >= 0.6 is 0 Å². The first kappa shape index (κ1) is 20.8. The number of aromatic nitrogens is 3. The first-order valence-corrected chi connectivity index (χ1v) is 10.9. The van der Waals surface area contributed by atoms with E-state index >= 15 is 0 Å².